The van der Waals surface area contributed by atoms with Gasteiger partial charge in [0.05, 0.1) is 13.7 Å². The van der Waals surface area contributed by atoms with Crippen LogP contribution in [0.15, 0.2) is 0 Å². The zero-order chi connectivity index (χ0) is 13.4. The first-order valence-corrected chi connectivity index (χ1v) is 6.67. The van der Waals surface area contributed by atoms with E-state index in [0.29, 0.717) is 32.0 Å². The minimum Gasteiger partial charge on any atom is -0.469 e. The lowest BCUT2D eigenvalue weighted by atomic mass is 10.2. The van der Waals surface area contributed by atoms with Crippen molar-refractivity contribution < 1.29 is 14.3 Å². The number of hydrogen-bond donors (Lipinski definition) is 1. The molecule has 0 bridgehead atoms. The minimum absolute atomic E-state index is 0.0896. The predicted octanol–water partition coefficient (Wildman–Crippen LogP) is 0.930. The fourth-order valence-corrected chi connectivity index (χ4v) is 2.18. The van der Waals surface area contributed by atoms with Crippen LogP contribution in [-0.2, 0) is 14.3 Å². The molecule has 0 spiro atoms. The van der Waals surface area contributed by atoms with Gasteiger partial charge < -0.3 is 15.0 Å². The molecule has 104 valence electrons. The Hall–Kier alpha value is -1.10. The van der Waals surface area contributed by atoms with Gasteiger partial charge in [-0.3, -0.25) is 9.59 Å². The average Bonchev–Trinajstić information content (AvgIpc) is 2.88. The van der Waals surface area contributed by atoms with Gasteiger partial charge in [-0.25, -0.2) is 0 Å². The smallest absolute Gasteiger partial charge is 0.305 e. The largest absolute Gasteiger partial charge is 0.469 e. The first-order chi connectivity index (χ1) is 8.63. The number of hydrogen-bond acceptors (Lipinski definition) is 4. The third kappa shape index (κ3) is 5.49. The molecule has 0 atom stereocenters. The second-order valence-electron chi connectivity index (χ2n) is 4.86. The van der Waals surface area contributed by atoms with Crippen molar-refractivity contribution >= 4 is 11.9 Å². The number of amides is 1. The minimum atomic E-state index is -0.222. The Morgan fingerprint density at radius 2 is 2.00 bits per heavy atom. The van der Waals surface area contributed by atoms with Gasteiger partial charge in [0.1, 0.15) is 0 Å². The molecule has 1 fully saturated rings. The van der Waals surface area contributed by atoms with E-state index in [1.54, 1.807) is 11.9 Å². The van der Waals surface area contributed by atoms with Gasteiger partial charge in [0, 0.05) is 26.1 Å². The van der Waals surface area contributed by atoms with Crippen LogP contribution in [0.5, 0.6) is 0 Å². The van der Waals surface area contributed by atoms with E-state index < -0.39 is 0 Å². The highest BCUT2D eigenvalue weighted by atomic mass is 16.5. The fraction of sp³-hybridized carbons (Fsp3) is 0.846. The highest BCUT2D eigenvalue weighted by molar-refractivity contribution is 5.78. The van der Waals surface area contributed by atoms with Gasteiger partial charge in [0.2, 0.25) is 5.91 Å². The van der Waals surface area contributed by atoms with E-state index in [1.165, 1.54) is 32.8 Å². The normalized spacial score (nSPS) is 15.7. The van der Waals surface area contributed by atoms with Crippen LogP contribution < -0.4 is 5.32 Å². The summed E-state index contributed by atoms with van der Waals surface area (Å²) in [5.74, 6) is -0.133. The maximum atomic E-state index is 11.8. The highest BCUT2D eigenvalue weighted by Crippen LogP contribution is 2.17. The summed E-state index contributed by atoms with van der Waals surface area (Å²) in [5.41, 5.74) is 0. The molecule has 0 aromatic carbocycles. The van der Waals surface area contributed by atoms with Crippen LogP contribution in [0, 0.1) is 0 Å². The van der Waals surface area contributed by atoms with E-state index in [2.05, 4.69) is 10.1 Å². The van der Waals surface area contributed by atoms with Crippen LogP contribution in [-0.4, -0.2) is 50.1 Å². The number of carbonyl (C=O) groups is 2. The molecule has 5 heteroatoms. The summed E-state index contributed by atoms with van der Waals surface area (Å²) in [5, 5.41) is 3.29. The summed E-state index contributed by atoms with van der Waals surface area (Å²) >= 11 is 0. The second-order valence-corrected chi connectivity index (χ2v) is 4.86. The number of nitrogens with zero attached hydrogens (tertiary/aromatic N) is 1. The van der Waals surface area contributed by atoms with Gasteiger partial charge in [-0.15, -0.1) is 0 Å². The standard InChI is InChI=1S/C13H24N2O3/c1-15(9-5-8-13(17)18-2)12(16)10-14-11-6-3-4-7-11/h11,14H,3-10H2,1-2H3. The van der Waals surface area contributed by atoms with Crippen molar-refractivity contribution in [2.45, 2.75) is 44.6 Å². The summed E-state index contributed by atoms with van der Waals surface area (Å²) < 4.78 is 4.55. The molecule has 1 saturated carbocycles. The van der Waals surface area contributed by atoms with Gasteiger partial charge >= 0.3 is 5.97 Å². The molecule has 0 saturated heterocycles. The van der Waals surface area contributed by atoms with Crippen LogP contribution in [0.4, 0.5) is 0 Å². The molecule has 0 aliphatic heterocycles. The zero-order valence-electron chi connectivity index (χ0n) is 11.4. The zero-order valence-corrected chi connectivity index (χ0v) is 11.4. The van der Waals surface area contributed by atoms with Crippen molar-refractivity contribution in [2.24, 2.45) is 0 Å². The van der Waals surface area contributed by atoms with Crippen LogP contribution in [0.2, 0.25) is 0 Å². The molecule has 1 N–H and O–H groups in total. The first kappa shape index (κ1) is 15.0. The van der Waals surface area contributed by atoms with Crippen LogP contribution in [0.3, 0.4) is 0 Å². The SMILES string of the molecule is COC(=O)CCCN(C)C(=O)CNC1CCCC1. The number of likely N-dealkylation sites (N-methyl/N-ethyl adjacent to an activating group) is 1. The van der Waals surface area contributed by atoms with E-state index >= 15 is 0 Å². The van der Waals surface area contributed by atoms with E-state index in [1.807, 2.05) is 0 Å². The predicted molar refractivity (Wildman–Crippen MR) is 69.1 cm³/mol. The Morgan fingerprint density at radius 1 is 1.33 bits per heavy atom. The molecule has 0 radical (unpaired) electrons. The maximum Gasteiger partial charge on any atom is 0.305 e. The van der Waals surface area contributed by atoms with Crippen molar-refractivity contribution in [1.82, 2.24) is 10.2 Å². The summed E-state index contributed by atoms with van der Waals surface area (Å²) in [6, 6.07) is 0.511. The van der Waals surface area contributed by atoms with Gasteiger partial charge in [0.15, 0.2) is 0 Å². The van der Waals surface area contributed by atoms with Gasteiger partial charge in [-0.1, -0.05) is 12.8 Å². The number of esters is 1. The summed E-state index contributed by atoms with van der Waals surface area (Å²) in [7, 11) is 3.15. The third-order valence-electron chi connectivity index (χ3n) is 3.42. The molecule has 0 aromatic heterocycles. The van der Waals surface area contributed by atoms with Gasteiger partial charge in [-0.05, 0) is 19.3 Å². The maximum absolute atomic E-state index is 11.8. The second kappa shape index (κ2) is 8.08. The number of rotatable bonds is 7. The van der Waals surface area contributed by atoms with E-state index in [0.717, 1.165) is 0 Å². The Morgan fingerprint density at radius 3 is 2.61 bits per heavy atom. The molecule has 5 nitrogen and oxygen atoms in total. The quantitative estimate of drug-likeness (QED) is 0.688. The molecule has 0 aromatic rings. The number of carbonyl (C=O) groups excluding carboxylic acids is 2. The van der Waals surface area contributed by atoms with Gasteiger partial charge in [-0.2, -0.15) is 0 Å². The van der Waals surface area contributed by atoms with Crippen molar-refractivity contribution in [1.29, 1.82) is 0 Å². The Labute approximate surface area is 109 Å². The molecule has 1 rings (SSSR count). The topological polar surface area (TPSA) is 58.6 Å². The van der Waals surface area contributed by atoms with Crippen LogP contribution in [0.25, 0.3) is 0 Å². The average molecular weight is 256 g/mol. The molecule has 1 aliphatic carbocycles. The molecule has 1 aliphatic rings. The molecule has 0 heterocycles. The summed E-state index contributed by atoms with van der Waals surface area (Å²) in [6.07, 6.45) is 5.91. The molecular formula is C13H24N2O3. The van der Waals surface area contributed by atoms with Crippen LogP contribution in [0.1, 0.15) is 38.5 Å². The monoisotopic (exact) mass is 256 g/mol. The molecule has 0 unspecified atom stereocenters. The third-order valence-corrected chi connectivity index (χ3v) is 3.42. The Balaban J connectivity index is 2.10. The van der Waals surface area contributed by atoms with Gasteiger partial charge in [0.25, 0.3) is 0 Å². The Bertz CT molecular complexity index is 275. The van der Waals surface area contributed by atoms with Crippen LogP contribution >= 0.6 is 0 Å². The summed E-state index contributed by atoms with van der Waals surface area (Å²) in [6.45, 7) is 1.000. The number of methoxy groups -OCH3 is 1. The fourth-order valence-electron chi connectivity index (χ4n) is 2.18. The lowest BCUT2D eigenvalue weighted by molar-refractivity contribution is -0.141. The number of nitrogens with one attached hydrogen (secondary N) is 1. The number of ether oxygens (including phenoxy) is 1. The van der Waals surface area contributed by atoms with E-state index in [9.17, 15) is 9.59 Å². The Kier molecular flexibility index (Phi) is 6.72. The molecular weight excluding hydrogens is 232 g/mol. The lowest BCUT2D eigenvalue weighted by Gasteiger charge is -2.19. The van der Waals surface area contributed by atoms with E-state index in [-0.39, 0.29) is 11.9 Å². The molecule has 18 heavy (non-hydrogen) atoms. The highest BCUT2D eigenvalue weighted by Gasteiger charge is 2.16. The van der Waals surface area contributed by atoms with Crippen molar-refractivity contribution in [2.75, 3.05) is 27.2 Å². The van der Waals surface area contributed by atoms with Crippen molar-refractivity contribution in [3.8, 4) is 0 Å². The first-order valence-electron chi connectivity index (χ1n) is 6.67. The summed E-state index contributed by atoms with van der Waals surface area (Å²) in [4.78, 5) is 24.4. The van der Waals surface area contributed by atoms with E-state index in [4.69, 9.17) is 0 Å². The van der Waals surface area contributed by atoms with Crippen molar-refractivity contribution in [3.05, 3.63) is 0 Å². The van der Waals surface area contributed by atoms with Crippen molar-refractivity contribution in [3.63, 3.8) is 0 Å². The molecule has 1 amide bonds. The lowest BCUT2D eigenvalue weighted by Crippen LogP contribution is -2.39.